The van der Waals surface area contributed by atoms with Crippen LogP contribution < -0.4 is 5.56 Å². The van der Waals surface area contributed by atoms with E-state index in [4.69, 9.17) is 0 Å². The van der Waals surface area contributed by atoms with Crippen LogP contribution in [0.25, 0.3) is 22.4 Å². The molecule has 0 amide bonds. The molecule has 0 bridgehead atoms. The minimum atomic E-state index is 0.0475. The summed E-state index contributed by atoms with van der Waals surface area (Å²) >= 11 is 0. The molecule has 3 rings (SSSR count). The standard InChI is InChI=1S/C19H20N2O/c1-3-13-21-19(22)17(15-10-5-4-6-11-15)18(20-21)16-12-8-7-9-14(16)2/h4-12,20H,3,13H2,1-2H3. The molecule has 0 unspecified atom stereocenters. The van der Waals surface area contributed by atoms with Crippen molar-refractivity contribution in [2.24, 2.45) is 0 Å². The van der Waals surface area contributed by atoms with Gasteiger partial charge in [0.15, 0.2) is 0 Å². The lowest BCUT2D eigenvalue weighted by atomic mass is 9.99. The Bertz CT molecular complexity index is 828. The van der Waals surface area contributed by atoms with Gasteiger partial charge in [0.25, 0.3) is 5.56 Å². The number of nitrogens with zero attached hydrogens (tertiary/aromatic N) is 1. The van der Waals surface area contributed by atoms with E-state index in [1.165, 1.54) is 0 Å². The van der Waals surface area contributed by atoms with Crippen molar-refractivity contribution in [1.82, 2.24) is 9.78 Å². The summed E-state index contributed by atoms with van der Waals surface area (Å²) in [5.41, 5.74) is 4.90. The van der Waals surface area contributed by atoms with Gasteiger partial charge in [0.1, 0.15) is 0 Å². The van der Waals surface area contributed by atoms with E-state index < -0.39 is 0 Å². The average molecular weight is 292 g/mol. The molecule has 112 valence electrons. The molecule has 0 radical (unpaired) electrons. The average Bonchev–Trinajstić information content (AvgIpc) is 2.86. The highest BCUT2D eigenvalue weighted by Crippen LogP contribution is 2.30. The first-order chi connectivity index (χ1) is 10.7. The maximum absolute atomic E-state index is 12.8. The van der Waals surface area contributed by atoms with Crippen molar-refractivity contribution in [1.29, 1.82) is 0 Å². The number of H-pyrrole nitrogens is 1. The molecule has 2 aromatic carbocycles. The van der Waals surface area contributed by atoms with Crippen molar-refractivity contribution in [2.75, 3.05) is 0 Å². The summed E-state index contributed by atoms with van der Waals surface area (Å²) in [6.45, 7) is 4.84. The Hall–Kier alpha value is -2.55. The lowest BCUT2D eigenvalue weighted by molar-refractivity contribution is 0.587. The van der Waals surface area contributed by atoms with Gasteiger partial charge >= 0.3 is 0 Å². The van der Waals surface area contributed by atoms with Crippen LogP contribution in [-0.2, 0) is 6.54 Å². The third kappa shape index (κ3) is 2.50. The fourth-order valence-corrected chi connectivity index (χ4v) is 2.79. The van der Waals surface area contributed by atoms with Gasteiger partial charge in [0, 0.05) is 12.1 Å². The Morgan fingerprint density at radius 1 is 1.00 bits per heavy atom. The first-order valence-corrected chi connectivity index (χ1v) is 7.66. The molecule has 3 aromatic rings. The Morgan fingerprint density at radius 3 is 2.36 bits per heavy atom. The van der Waals surface area contributed by atoms with Gasteiger partial charge in [-0.15, -0.1) is 0 Å². The lowest BCUT2D eigenvalue weighted by Crippen LogP contribution is -2.17. The fourth-order valence-electron chi connectivity index (χ4n) is 2.79. The number of hydrogen-bond donors (Lipinski definition) is 1. The molecule has 0 saturated carbocycles. The second-order valence-electron chi connectivity index (χ2n) is 5.50. The number of aromatic nitrogens is 2. The summed E-state index contributed by atoms with van der Waals surface area (Å²) in [4.78, 5) is 12.8. The number of aryl methyl sites for hydroxylation is 2. The van der Waals surface area contributed by atoms with Crippen molar-refractivity contribution in [3.63, 3.8) is 0 Å². The monoisotopic (exact) mass is 292 g/mol. The molecule has 0 atom stereocenters. The number of rotatable bonds is 4. The zero-order valence-electron chi connectivity index (χ0n) is 13.0. The van der Waals surface area contributed by atoms with Crippen LogP contribution in [0.3, 0.4) is 0 Å². The van der Waals surface area contributed by atoms with Gasteiger partial charge in [0.2, 0.25) is 0 Å². The van der Waals surface area contributed by atoms with E-state index in [0.717, 1.165) is 34.4 Å². The molecule has 3 heteroatoms. The second-order valence-corrected chi connectivity index (χ2v) is 5.50. The molecule has 0 spiro atoms. The summed E-state index contributed by atoms with van der Waals surface area (Å²) in [5, 5.41) is 3.31. The van der Waals surface area contributed by atoms with Crippen LogP contribution in [0.1, 0.15) is 18.9 Å². The van der Waals surface area contributed by atoms with E-state index >= 15 is 0 Å². The van der Waals surface area contributed by atoms with Crippen LogP contribution in [0.15, 0.2) is 59.4 Å². The van der Waals surface area contributed by atoms with E-state index in [2.05, 4.69) is 31.1 Å². The molecule has 3 nitrogen and oxygen atoms in total. The molecular formula is C19H20N2O. The van der Waals surface area contributed by atoms with E-state index in [1.807, 2.05) is 42.5 Å². The highest BCUT2D eigenvalue weighted by molar-refractivity contribution is 5.81. The van der Waals surface area contributed by atoms with Gasteiger partial charge in [-0.25, -0.2) is 0 Å². The quantitative estimate of drug-likeness (QED) is 0.767. The number of aromatic amines is 1. The highest BCUT2D eigenvalue weighted by Gasteiger charge is 2.17. The normalized spacial score (nSPS) is 10.8. The zero-order chi connectivity index (χ0) is 15.5. The first-order valence-electron chi connectivity index (χ1n) is 7.66. The van der Waals surface area contributed by atoms with Gasteiger partial charge in [0.05, 0.1) is 11.3 Å². The van der Waals surface area contributed by atoms with Crippen LogP contribution in [0.4, 0.5) is 0 Å². The van der Waals surface area contributed by atoms with Crippen molar-refractivity contribution >= 4 is 0 Å². The molecule has 1 N–H and O–H groups in total. The zero-order valence-corrected chi connectivity index (χ0v) is 13.0. The smallest absolute Gasteiger partial charge is 0.274 e. The van der Waals surface area contributed by atoms with Crippen LogP contribution >= 0.6 is 0 Å². The fraction of sp³-hybridized carbons (Fsp3) is 0.211. The number of benzene rings is 2. The van der Waals surface area contributed by atoms with Crippen molar-refractivity contribution in [2.45, 2.75) is 26.8 Å². The largest absolute Gasteiger partial charge is 0.294 e. The minimum Gasteiger partial charge on any atom is -0.294 e. The van der Waals surface area contributed by atoms with E-state index in [1.54, 1.807) is 4.68 Å². The lowest BCUT2D eigenvalue weighted by Gasteiger charge is -2.06. The Labute approximate surface area is 130 Å². The van der Waals surface area contributed by atoms with Gasteiger partial charge in [-0.2, -0.15) is 0 Å². The third-order valence-electron chi connectivity index (χ3n) is 3.88. The van der Waals surface area contributed by atoms with Crippen molar-refractivity contribution in [3.05, 3.63) is 70.5 Å². The Kier molecular flexibility index (Phi) is 3.96. The SMILES string of the molecule is CCCn1[nH]c(-c2ccccc2C)c(-c2ccccc2)c1=O. The minimum absolute atomic E-state index is 0.0475. The van der Waals surface area contributed by atoms with E-state index in [-0.39, 0.29) is 5.56 Å². The van der Waals surface area contributed by atoms with Crippen LogP contribution in [-0.4, -0.2) is 9.78 Å². The molecule has 0 saturated heterocycles. The molecule has 1 heterocycles. The van der Waals surface area contributed by atoms with E-state index in [9.17, 15) is 4.79 Å². The van der Waals surface area contributed by atoms with Crippen molar-refractivity contribution in [3.8, 4) is 22.4 Å². The van der Waals surface area contributed by atoms with Gasteiger partial charge in [-0.1, -0.05) is 61.5 Å². The third-order valence-corrected chi connectivity index (χ3v) is 3.88. The highest BCUT2D eigenvalue weighted by atomic mass is 16.1. The Morgan fingerprint density at radius 2 is 1.68 bits per heavy atom. The summed E-state index contributed by atoms with van der Waals surface area (Å²) in [7, 11) is 0. The molecule has 0 fully saturated rings. The first kappa shape index (κ1) is 14.4. The molecule has 1 aromatic heterocycles. The molecule has 0 aliphatic carbocycles. The summed E-state index contributed by atoms with van der Waals surface area (Å²) < 4.78 is 1.71. The number of hydrogen-bond acceptors (Lipinski definition) is 1. The van der Waals surface area contributed by atoms with Crippen LogP contribution in [0.2, 0.25) is 0 Å². The maximum atomic E-state index is 12.8. The number of nitrogens with one attached hydrogen (secondary N) is 1. The second kappa shape index (κ2) is 6.06. The summed E-state index contributed by atoms with van der Waals surface area (Å²) in [6.07, 6.45) is 0.919. The predicted molar refractivity (Wildman–Crippen MR) is 91.0 cm³/mol. The topological polar surface area (TPSA) is 37.8 Å². The molecular weight excluding hydrogens is 272 g/mol. The maximum Gasteiger partial charge on any atom is 0.274 e. The van der Waals surface area contributed by atoms with Gasteiger partial charge < -0.3 is 0 Å². The van der Waals surface area contributed by atoms with Crippen LogP contribution in [0.5, 0.6) is 0 Å². The molecule has 0 aliphatic rings. The van der Waals surface area contributed by atoms with Crippen LogP contribution in [0, 0.1) is 6.92 Å². The summed E-state index contributed by atoms with van der Waals surface area (Å²) in [6, 6.07) is 18.0. The predicted octanol–water partition coefficient (Wildman–Crippen LogP) is 4.23. The van der Waals surface area contributed by atoms with E-state index in [0.29, 0.717) is 6.54 Å². The van der Waals surface area contributed by atoms with Gasteiger partial charge in [-0.05, 0) is 24.5 Å². The molecule has 0 aliphatic heterocycles. The van der Waals surface area contributed by atoms with Gasteiger partial charge in [-0.3, -0.25) is 14.6 Å². The Balaban J connectivity index is 2.28. The van der Waals surface area contributed by atoms with Crippen molar-refractivity contribution < 1.29 is 0 Å². The molecule has 22 heavy (non-hydrogen) atoms. The summed E-state index contributed by atoms with van der Waals surface area (Å²) in [5.74, 6) is 0.